The van der Waals surface area contributed by atoms with E-state index in [1.807, 2.05) is 24.4 Å². The molecule has 3 aliphatic rings. The molecule has 5 atom stereocenters. The Bertz CT molecular complexity index is 553. The molecule has 4 rings (SSSR count). The Hall–Kier alpha value is -1.07. The van der Waals surface area contributed by atoms with Crippen LogP contribution in [0.2, 0.25) is 0 Å². The molecule has 0 radical (unpaired) electrons. The molecule has 0 aromatic carbocycles. The Morgan fingerprint density at radius 3 is 3.05 bits per heavy atom. The van der Waals surface area contributed by atoms with E-state index in [1.54, 1.807) is 0 Å². The van der Waals surface area contributed by atoms with E-state index in [9.17, 15) is 8.78 Å². The zero-order valence-electron chi connectivity index (χ0n) is 12.8. The highest BCUT2D eigenvalue weighted by Gasteiger charge is 2.82. The number of halogens is 2. The Morgan fingerprint density at radius 1 is 1.45 bits per heavy atom. The summed E-state index contributed by atoms with van der Waals surface area (Å²) >= 11 is 0. The molecule has 1 unspecified atom stereocenters. The topological polar surface area (TPSA) is 34.1 Å². The van der Waals surface area contributed by atoms with Gasteiger partial charge in [0, 0.05) is 37.0 Å². The third kappa shape index (κ3) is 2.09. The monoisotopic (exact) mass is 308 g/mol. The van der Waals surface area contributed by atoms with Crippen molar-refractivity contribution in [1.29, 1.82) is 0 Å². The molecule has 1 saturated heterocycles. The lowest BCUT2D eigenvalue weighted by atomic mass is 10.1. The van der Waals surface area contributed by atoms with Crippen molar-refractivity contribution in [3.05, 3.63) is 30.1 Å². The van der Waals surface area contributed by atoms with Gasteiger partial charge in [-0.3, -0.25) is 4.98 Å². The molecule has 0 bridgehead atoms. The SMILES string of the molecule is CC(NC[C@]12OCCC[C@H]1C2(F)F)[C@@H]1C[C@H]1c1ccccn1. The molecule has 22 heavy (non-hydrogen) atoms. The van der Waals surface area contributed by atoms with Gasteiger partial charge in [0.1, 0.15) is 0 Å². The van der Waals surface area contributed by atoms with E-state index < -0.39 is 17.4 Å². The molecule has 5 heteroatoms. The Balaban J connectivity index is 1.34. The van der Waals surface area contributed by atoms with Crippen LogP contribution in [0, 0.1) is 11.8 Å². The molecule has 2 heterocycles. The lowest BCUT2D eigenvalue weighted by Crippen LogP contribution is -2.42. The first-order chi connectivity index (χ1) is 10.6. The van der Waals surface area contributed by atoms with Gasteiger partial charge in [-0.15, -0.1) is 0 Å². The van der Waals surface area contributed by atoms with Crippen molar-refractivity contribution < 1.29 is 13.5 Å². The van der Waals surface area contributed by atoms with Gasteiger partial charge in [-0.2, -0.15) is 0 Å². The van der Waals surface area contributed by atoms with E-state index >= 15 is 0 Å². The van der Waals surface area contributed by atoms with Crippen LogP contribution in [0.25, 0.3) is 0 Å². The van der Waals surface area contributed by atoms with Gasteiger partial charge in [0.2, 0.25) is 0 Å². The van der Waals surface area contributed by atoms with E-state index in [1.165, 1.54) is 0 Å². The van der Waals surface area contributed by atoms with Crippen molar-refractivity contribution in [2.75, 3.05) is 13.2 Å². The Morgan fingerprint density at radius 2 is 2.32 bits per heavy atom. The molecular formula is C17H22F2N2O. The van der Waals surface area contributed by atoms with Gasteiger partial charge >= 0.3 is 0 Å². The zero-order chi connectivity index (χ0) is 15.4. The Kier molecular flexibility index (Phi) is 3.28. The second-order valence-corrected chi connectivity index (χ2v) is 6.99. The van der Waals surface area contributed by atoms with E-state index in [-0.39, 0.29) is 12.6 Å². The molecule has 1 aliphatic heterocycles. The molecule has 0 amide bonds. The molecular weight excluding hydrogens is 286 g/mol. The molecule has 0 spiro atoms. The summed E-state index contributed by atoms with van der Waals surface area (Å²) < 4.78 is 33.5. The van der Waals surface area contributed by atoms with E-state index in [2.05, 4.69) is 17.2 Å². The second-order valence-electron chi connectivity index (χ2n) is 6.99. The summed E-state index contributed by atoms with van der Waals surface area (Å²) in [6.45, 7) is 2.81. The van der Waals surface area contributed by atoms with Gasteiger partial charge in [0.25, 0.3) is 5.92 Å². The maximum atomic E-state index is 14.0. The van der Waals surface area contributed by atoms with Crippen LogP contribution in [0.3, 0.4) is 0 Å². The van der Waals surface area contributed by atoms with Crippen LogP contribution in [-0.4, -0.2) is 35.7 Å². The third-order valence-corrected chi connectivity index (χ3v) is 5.71. The highest BCUT2D eigenvalue weighted by molar-refractivity contribution is 5.24. The van der Waals surface area contributed by atoms with Gasteiger partial charge in [0.05, 0.1) is 5.92 Å². The summed E-state index contributed by atoms with van der Waals surface area (Å²) in [5.74, 6) is -2.29. The lowest BCUT2D eigenvalue weighted by molar-refractivity contribution is -0.0599. The van der Waals surface area contributed by atoms with Gasteiger partial charge in [-0.05, 0) is 44.2 Å². The number of ether oxygens (including phenoxy) is 1. The van der Waals surface area contributed by atoms with Crippen LogP contribution >= 0.6 is 0 Å². The number of nitrogens with one attached hydrogen (secondary N) is 1. The quantitative estimate of drug-likeness (QED) is 0.908. The summed E-state index contributed by atoms with van der Waals surface area (Å²) in [6.07, 6.45) is 4.23. The fourth-order valence-electron chi connectivity index (χ4n) is 4.12. The minimum atomic E-state index is -2.65. The van der Waals surface area contributed by atoms with Gasteiger partial charge in [-0.25, -0.2) is 8.78 Å². The average Bonchev–Trinajstić information content (AvgIpc) is 3.42. The minimum absolute atomic E-state index is 0.212. The minimum Gasteiger partial charge on any atom is -0.367 e. The van der Waals surface area contributed by atoms with E-state index in [0.717, 1.165) is 18.5 Å². The van der Waals surface area contributed by atoms with Crippen molar-refractivity contribution in [3.63, 3.8) is 0 Å². The summed E-state index contributed by atoms with van der Waals surface area (Å²) in [5.41, 5.74) is -0.114. The number of hydrogen-bond donors (Lipinski definition) is 1. The number of alkyl halides is 2. The number of rotatable bonds is 5. The molecule has 1 aromatic heterocycles. The molecule has 120 valence electrons. The first-order valence-corrected chi connectivity index (χ1v) is 8.22. The number of pyridine rings is 1. The smallest absolute Gasteiger partial charge is 0.283 e. The first-order valence-electron chi connectivity index (χ1n) is 8.22. The molecule has 2 aliphatic carbocycles. The van der Waals surface area contributed by atoms with Crippen LogP contribution < -0.4 is 5.32 Å². The molecule has 1 aromatic rings. The third-order valence-electron chi connectivity index (χ3n) is 5.71. The van der Waals surface area contributed by atoms with Gasteiger partial charge in [0.15, 0.2) is 5.60 Å². The lowest BCUT2D eigenvalue weighted by Gasteiger charge is -2.24. The van der Waals surface area contributed by atoms with Crippen LogP contribution in [0.5, 0.6) is 0 Å². The van der Waals surface area contributed by atoms with E-state index in [0.29, 0.717) is 24.9 Å². The van der Waals surface area contributed by atoms with Crippen molar-refractivity contribution in [3.8, 4) is 0 Å². The van der Waals surface area contributed by atoms with Crippen molar-refractivity contribution in [2.24, 2.45) is 11.8 Å². The number of aromatic nitrogens is 1. The molecule has 3 fully saturated rings. The number of hydrogen-bond acceptors (Lipinski definition) is 3. The Labute approximate surface area is 129 Å². The van der Waals surface area contributed by atoms with Gasteiger partial charge in [-0.1, -0.05) is 6.07 Å². The first kappa shape index (κ1) is 14.5. The highest BCUT2D eigenvalue weighted by atomic mass is 19.3. The highest BCUT2D eigenvalue weighted by Crippen LogP contribution is 2.64. The normalized spacial score (nSPS) is 39.9. The summed E-state index contributed by atoms with van der Waals surface area (Å²) in [4.78, 5) is 4.40. The fraction of sp³-hybridized carbons (Fsp3) is 0.706. The van der Waals surface area contributed by atoms with Crippen LogP contribution in [0.4, 0.5) is 8.78 Å². The number of nitrogens with zero attached hydrogens (tertiary/aromatic N) is 1. The van der Waals surface area contributed by atoms with Crippen LogP contribution in [0.15, 0.2) is 24.4 Å². The van der Waals surface area contributed by atoms with Crippen molar-refractivity contribution in [1.82, 2.24) is 10.3 Å². The van der Waals surface area contributed by atoms with E-state index in [4.69, 9.17) is 4.74 Å². The molecule has 3 nitrogen and oxygen atoms in total. The van der Waals surface area contributed by atoms with Crippen LogP contribution in [-0.2, 0) is 4.74 Å². The molecule has 1 N–H and O–H groups in total. The maximum Gasteiger partial charge on any atom is 0.283 e. The zero-order valence-corrected chi connectivity index (χ0v) is 12.8. The standard InChI is InChI=1S/C17H22F2N2O/c1-11(12-9-13(12)14-5-2-3-7-20-14)21-10-16-15(17(16,18)19)6-4-8-22-16/h2-3,5,7,11-13,15,21H,4,6,8-10H2,1H3/t11?,12-,13+,15+,16-/m0/s1. The largest absolute Gasteiger partial charge is 0.367 e. The molecule has 2 saturated carbocycles. The summed E-state index contributed by atoms with van der Waals surface area (Å²) in [5, 5.41) is 3.32. The maximum absolute atomic E-state index is 14.0. The van der Waals surface area contributed by atoms with Crippen molar-refractivity contribution in [2.45, 2.75) is 49.7 Å². The summed E-state index contributed by atoms with van der Waals surface area (Å²) in [7, 11) is 0. The predicted molar refractivity (Wildman–Crippen MR) is 78.9 cm³/mol. The summed E-state index contributed by atoms with van der Waals surface area (Å²) in [6, 6.07) is 6.17. The van der Waals surface area contributed by atoms with Crippen molar-refractivity contribution >= 4 is 0 Å². The van der Waals surface area contributed by atoms with Gasteiger partial charge < -0.3 is 10.1 Å². The second kappa shape index (κ2) is 4.96. The average molecular weight is 308 g/mol. The predicted octanol–water partition coefficient (Wildman–Crippen LogP) is 2.98. The van der Waals surface area contributed by atoms with Crippen LogP contribution in [0.1, 0.15) is 37.8 Å². The number of fused-ring (bicyclic) bond motifs is 1. The fourth-order valence-corrected chi connectivity index (χ4v) is 4.12.